The quantitative estimate of drug-likeness (QED) is 0.926. The number of carbonyl (C=O) groups is 1. The topological polar surface area (TPSA) is 35.6 Å². The molecular formula is C17H27N3O. The van der Waals surface area contributed by atoms with Gasteiger partial charge in [0, 0.05) is 38.9 Å². The molecule has 1 heterocycles. The molecule has 0 atom stereocenters. The number of piperidine rings is 1. The van der Waals surface area contributed by atoms with Crippen LogP contribution < -0.4 is 5.32 Å². The standard InChI is InChI=1S/C17H27N3O/c1-13(2)14-5-7-15(8-6-14)18-16-9-11-20(12-10-16)17(21)19(3)4/h5-8,13,16,18H,9-12H2,1-4H3. The van der Waals surface area contributed by atoms with E-state index >= 15 is 0 Å². The van der Waals surface area contributed by atoms with Crippen molar-refractivity contribution in [2.45, 2.75) is 38.6 Å². The van der Waals surface area contributed by atoms with Crippen molar-refractivity contribution in [3.63, 3.8) is 0 Å². The molecule has 1 fully saturated rings. The number of carbonyl (C=O) groups excluding carboxylic acids is 1. The Morgan fingerprint density at radius 3 is 2.24 bits per heavy atom. The summed E-state index contributed by atoms with van der Waals surface area (Å²) in [6.45, 7) is 6.08. The third-order valence-electron chi connectivity index (χ3n) is 4.10. The molecule has 0 aromatic heterocycles. The molecule has 116 valence electrons. The SMILES string of the molecule is CC(C)c1ccc(NC2CCN(C(=O)N(C)C)CC2)cc1. The fourth-order valence-electron chi connectivity index (χ4n) is 2.70. The second kappa shape index (κ2) is 6.83. The summed E-state index contributed by atoms with van der Waals surface area (Å²) in [6.07, 6.45) is 2.01. The summed E-state index contributed by atoms with van der Waals surface area (Å²) in [5.74, 6) is 0.569. The smallest absolute Gasteiger partial charge is 0.319 e. The molecule has 1 saturated heterocycles. The van der Waals surface area contributed by atoms with Crippen LogP contribution >= 0.6 is 0 Å². The van der Waals surface area contributed by atoms with E-state index in [4.69, 9.17) is 0 Å². The highest BCUT2D eigenvalue weighted by Crippen LogP contribution is 2.20. The second-order valence-corrected chi connectivity index (χ2v) is 6.36. The van der Waals surface area contributed by atoms with Crippen LogP contribution in [0.4, 0.5) is 10.5 Å². The Kier molecular flexibility index (Phi) is 5.10. The summed E-state index contributed by atoms with van der Waals surface area (Å²) in [4.78, 5) is 15.5. The molecule has 0 saturated carbocycles. The van der Waals surface area contributed by atoms with Crippen molar-refractivity contribution in [2.75, 3.05) is 32.5 Å². The minimum absolute atomic E-state index is 0.120. The van der Waals surface area contributed by atoms with Crippen LogP contribution in [-0.4, -0.2) is 49.1 Å². The predicted octanol–water partition coefficient (Wildman–Crippen LogP) is 3.37. The van der Waals surface area contributed by atoms with Crippen molar-refractivity contribution >= 4 is 11.7 Å². The lowest BCUT2D eigenvalue weighted by atomic mass is 10.0. The van der Waals surface area contributed by atoms with Crippen LogP contribution in [0, 0.1) is 0 Å². The monoisotopic (exact) mass is 289 g/mol. The van der Waals surface area contributed by atoms with Gasteiger partial charge in [-0.2, -0.15) is 0 Å². The van der Waals surface area contributed by atoms with Gasteiger partial charge in [-0.05, 0) is 36.5 Å². The lowest BCUT2D eigenvalue weighted by molar-refractivity contribution is 0.158. The molecular weight excluding hydrogens is 262 g/mol. The van der Waals surface area contributed by atoms with Gasteiger partial charge < -0.3 is 15.1 Å². The van der Waals surface area contributed by atoms with Crippen molar-refractivity contribution in [1.82, 2.24) is 9.80 Å². The van der Waals surface area contributed by atoms with Crippen LogP contribution in [0.5, 0.6) is 0 Å². The van der Waals surface area contributed by atoms with Crippen LogP contribution in [0.25, 0.3) is 0 Å². The van der Waals surface area contributed by atoms with E-state index < -0.39 is 0 Å². The van der Waals surface area contributed by atoms with Crippen molar-refractivity contribution in [1.29, 1.82) is 0 Å². The van der Waals surface area contributed by atoms with Gasteiger partial charge in [-0.15, -0.1) is 0 Å². The van der Waals surface area contributed by atoms with Gasteiger partial charge >= 0.3 is 6.03 Å². The molecule has 1 aliphatic rings. The minimum atomic E-state index is 0.120. The summed E-state index contributed by atoms with van der Waals surface area (Å²) >= 11 is 0. The largest absolute Gasteiger partial charge is 0.382 e. The van der Waals surface area contributed by atoms with Gasteiger partial charge in [0.05, 0.1) is 0 Å². The molecule has 0 unspecified atom stereocenters. The Balaban J connectivity index is 1.84. The molecule has 1 aromatic carbocycles. The highest BCUT2D eigenvalue weighted by Gasteiger charge is 2.23. The number of likely N-dealkylation sites (tertiary alicyclic amines) is 1. The highest BCUT2D eigenvalue weighted by atomic mass is 16.2. The molecule has 21 heavy (non-hydrogen) atoms. The van der Waals surface area contributed by atoms with Crippen LogP contribution in [0.3, 0.4) is 0 Å². The maximum Gasteiger partial charge on any atom is 0.319 e. The van der Waals surface area contributed by atoms with Crippen LogP contribution in [0.15, 0.2) is 24.3 Å². The molecule has 4 heteroatoms. The van der Waals surface area contributed by atoms with Crippen molar-refractivity contribution < 1.29 is 4.79 Å². The lowest BCUT2D eigenvalue weighted by Crippen LogP contribution is -2.46. The zero-order valence-electron chi connectivity index (χ0n) is 13.6. The Morgan fingerprint density at radius 1 is 1.19 bits per heavy atom. The molecule has 2 amide bonds. The number of urea groups is 1. The molecule has 0 spiro atoms. The van der Waals surface area contributed by atoms with Crippen LogP contribution in [0.2, 0.25) is 0 Å². The maximum atomic E-state index is 11.9. The molecule has 1 aliphatic heterocycles. The molecule has 1 aromatic rings. The molecule has 0 bridgehead atoms. The van der Waals surface area contributed by atoms with Gasteiger partial charge in [-0.1, -0.05) is 26.0 Å². The zero-order chi connectivity index (χ0) is 15.4. The van der Waals surface area contributed by atoms with Gasteiger partial charge in [0.25, 0.3) is 0 Å². The Hall–Kier alpha value is -1.71. The number of hydrogen-bond acceptors (Lipinski definition) is 2. The first kappa shape index (κ1) is 15.7. The fourth-order valence-corrected chi connectivity index (χ4v) is 2.70. The predicted molar refractivity (Wildman–Crippen MR) is 87.8 cm³/mol. The Labute approximate surface area is 128 Å². The van der Waals surface area contributed by atoms with Gasteiger partial charge in [0.15, 0.2) is 0 Å². The molecule has 1 N–H and O–H groups in total. The molecule has 0 aliphatic carbocycles. The summed E-state index contributed by atoms with van der Waals surface area (Å²) in [7, 11) is 3.62. The summed E-state index contributed by atoms with van der Waals surface area (Å²) in [6, 6.07) is 9.28. The third kappa shape index (κ3) is 4.13. The normalized spacial score (nSPS) is 16.1. The fraction of sp³-hybridized carbons (Fsp3) is 0.588. The summed E-state index contributed by atoms with van der Waals surface area (Å²) in [5, 5.41) is 3.58. The maximum absolute atomic E-state index is 11.9. The van der Waals surface area contributed by atoms with E-state index in [9.17, 15) is 4.79 Å². The average Bonchev–Trinajstić information content (AvgIpc) is 2.47. The zero-order valence-corrected chi connectivity index (χ0v) is 13.6. The van der Waals surface area contributed by atoms with E-state index in [0.717, 1.165) is 25.9 Å². The number of amides is 2. The van der Waals surface area contributed by atoms with E-state index in [1.165, 1.54) is 11.3 Å². The van der Waals surface area contributed by atoms with Gasteiger partial charge in [0.2, 0.25) is 0 Å². The van der Waals surface area contributed by atoms with Gasteiger partial charge in [-0.3, -0.25) is 0 Å². The molecule has 2 rings (SSSR count). The third-order valence-corrected chi connectivity index (χ3v) is 4.10. The highest BCUT2D eigenvalue weighted by molar-refractivity contribution is 5.73. The second-order valence-electron chi connectivity index (χ2n) is 6.36. The number of rotatable bonds is 3. The number of anilines is 1. The molecule has 0 radical (unpaired) electrons. The van der Waals surface area contributed by atoms with E-state index in [-0.39, 0.29) is 6.03 Å². The first-order valence-corrected chi connectivity index (χ1v) is 7.80. The first-order chi connectivity index (χ1) is 9.97. The summed E-state index contributed by atoms with van der Waals surface area (Å²) in [5.41, 5.74) is 2.55. The lowest BCUT2D eigenvalue weighted by Gasteiger charge is -2.34. The number of nitrogens with zero attached hydrogens (tertiary/aromatic N) is 2. The number of benzene rings is 1. The Bertz CT molecular complexity index is 459. The number of hydrogen-bond donors (Lipinski definition) is 1. The minimum Gasteiger partial charge on any atom is -0.382 e. The molecule has 4 nitrogen and oxygen atoms in total. The van der Waals surface area contributed by atoms with Crippen molar-refractivity contribution in [2.24, 2.45) is 0 Å². The van der Waals surface area contributed by atoms with Crippen LogP contribution in [-0.2, 0) is 0 Å². The van der Waals surface area contributed by atoms with Gasteiger partial charge in [-0.25, -0.2) is 4.79 Å². The number of nitrogens with one attached hydrogen (secondary N) is 1. The van der Waals surface area contributed by atoms with Crippen molar-refractivity contribution in [3.8, 4) is 0 Å². The van der Waals surface area contributed by atoms with E-state index in [2.05, 4.69) is 43.4 Å². The summed E-state index contributed by atoms with van der Waals surface area (Å²) < 4.78 is 0. The first-order valence-electron chi connectivity index (χ1n) is 7.80. The van der Waals surface area contributed by atoms with E-state index in [0.29, 0.717) is 12.0 Å². The van der Waals surface area contributed by atoms with Crippen LogP contribution in [0.1, 0.15) is 38.2 Å². The van der Waals surface area contributed by atoms with Crippen molar-refractivity contribution in [3.05, 3.63) is 29.8 Å². The average molecular weight is 289 g/mol. The Morgan fingerprint density at radius 2 is 1.76 bits per heavy atom. The van der Waals surface area contributed by atoms with E-state index in [1.54, 1.807) is 4.90 Å². The van der Waals surface area contributed by atoms with E-state index in [1.807, 2.05) is 19.0 Å². The van der Waals surface area contributed by atoms with Gasteiger partial charge in [0.1, 0.15) is 0 Å².